The molecular weight excluding hydrogens is 322 g/mol. The van der Waals surface area contributed by atoms with Crippen LogP contribution in [0.1, 0.15) is 11.1 Å². The van der Waals surface area contributed by atoms with Gasteiger partial charge in [-0.25, -0.2) is 0 Å². The summed E-state index contributed by atoms with van der Waals surface area (Å²) in [6.07, 6.45) is -11.8. The second-order valence-corrected chi connectivity index (χ2v) is 5.10. The van der Waals surface area contributed by atoms with Gasteiger partial charge in [0.15, 0.2) is 0 Å². The zero-order valence-electron chi connectivity index (χ0n) is 11.8. The van der Waals surface area contributed by atoms with Gasteiger partial charge in [-0.1, -0.05) is 48.5 Å². The van der Waals surface area contributed by atoms with Crippen molar-refractivity contribution in [3.05, 3.63) is 59.7 Å². The van der Waals surface area contributed by atoms with E-state index in [0.29, 0.717) is 23.3 Å². The first kappa shape index (κ1) is 17.3. The normalized spacial score (nSPS) is 13.2. The summed E-state index contributed by atoms with van der Waals surface area (Å²) in [5.74, 6) is 0. The zero-order valence-corrected chi connectivity index (χ0v) is 11.8. The third-order valence-corrected chi connectivity index (χ3v) is 3.58. The first-order valence-corrected chi connectivity index (χ1v) is 6.51. The maximum Gasteiger partial charge on any atom is 0.430 e. The lowest BCUT2D eigenvalue weighted by Crippen LogP contribution is -2.53. The highest BCUT2D eigenvalue weighted by Gasteiger charge is 2.71. The lowest BCUT2D eigenvalue weighted by Gasteiger charge is -2.32. The number of alkyl halides is 6. The summed E-state index contributed by atoms with van der Waals surface area (Å²) in [6.45, 7) is 1.77. The Balaban J connectivity index is 2.52. The highest BCUT2D eigenvalue weighted by molar-refractivity contribution is 5.67. The molecule has 0 aliphatic rings. The van der Waals surface area contributed by atoms with E-state index in [-0.39, 0.29) is 0 Å². The van der Waals surface area contributed by atoms with Gasteiger partial charge in [-0.15, -0.1) is 0 Å². The lowest BCUT2D eigenvalue weighted by atomic mass is 9.90. The first-order valence-electron chi connectivity index (χ1n) is 6.51. The van der Waals surface area contributed by atoms with E-state index in [1.165, 1.54) is 0 Å². The summed E-state index contributed by atoms with van der Waals surface area (Å²) < 4.78 is 76.8. The van der Waals surface area contributed by atoms with Crippen molar-refractivity contribution in [3.8, 4) is 11.1 Å². The number of rotatable bonds is 2. The Labute approximate surface area is 128 Å². The molecule has 0 saturated heterocycles. The maximum atomic E-state index is 12.8. The predicted octanol–water partition coefficient (Wildman–Crippen LogP) is 4.97. The van der Waals surface area contributed by atoms with Gasteiger partial charge in [0, 0.05) is 5.56 Å². The van der Waals surface area contributed by atoms with Gasteiger partial charge in [-0.05, 0) is 23.6 Å². The Bertz CT molecular complexity index is 671. The second-order valence-electron chi connectivity index (χ2n) is 5.10. The molecule has 0 atom stereocenters. The molecule has 0 aromatic heterocycles. The van der Waals surface area contributed by atoms with Gasteiger partial charge >= 0.3 is 12.4 Å². The minimum Gasteiger partial charge on any atom is -0.369 e. The monoisotopic (exact) mass is 334 g/mol. The Morgan fingerprint density at radius 3 is 1.65 bits per heavy atom. The quantitative estimate of drug-likeness (QED) is 0.769. The molecule has 0 saturated carbocycles. The Kier molecular flexibility index (Phi) is 4.19. The van der Waals surface area contributed by atoms with Crippen LogP contribution in [-0.2, 0) is 5.60 Å². The van der Waals surface area contributed by atoms with E-state index in [2.05, 4.69) is 0 Å². The van der Waals surface area contributed by atoms with Gasteiger partial charge in [-0.3, -0.25) is 0 Å². The lowest BCUT2D eigenvalue weighted by molar-refractivity contribution is -0.376. The van der Waals surface area contributed by atoms with Crippen molar-refractivity contribution in [1.82, 2.24) is 0 Å². The average Bonchev–Trinajstić information content (AvgIpc) is 2.45. The van der Waals surface area contributed by atoms with Gasteiger partial charge < -0.3 is 5.11 Å². The van der Waals surface area contributed by atoms with E-state index in [4.69, 9.17) is 0 Å². The van der Waals surface area contributed by atoms with Crippen molar-refractivity contribution in [2.45, 2.75) is 24.9 Å². The standard InChI is InChI=1S/C16H12F6O/c1-10-4-2-3-5-13(10)11-6-8-12(9-7-11)14(23,15(17,18)19)16(20,21)22/h2-9,23H,1H3. The average molecular weight is 334 g/mol. The molecule has 0 radical (unpaired) electrons. The van der Waals surface area contributed by atoms with Gasteiger partial charge in [0.2, 0.25) is 0 Å². The van der Waals surface area contributed by atoms with Gasteiger partial charge in [0.1, 0.15) is 0 Å². The van der Waals surface area contributed by atoms with E-state index in [1.54, 1.807) is 31.2 Å². The Morgan fingerprint density at radius 2 is 1.22 bits per heavy atom. The van der Waals surface area contributed by atoms with Crippen LogP contribution in [0, 0.1) is 6.92 Å². The summed E-state index contributed by atoms with van der Waals surface area (Å²) in [4.78, 5) is 0. The highest BCUT2D eigenvalue weighted by Crippen LogP contribution is 2.50. The highest BCUT2D eigenvalue weighted by atomic mass is 19.4. The van der Waals surface area contributed by atoms with Crippen LogP contribution in [0.5, 0.6) is 0 Å². The summed E-state index contributed by atoms with van der Waals surface area (Å²) in [5, 5.41) is 9.32. The zero-order chi connectivity index (χ0) is 17.5. The molecule has 0 aliphatic carbocycles. The third-order valence-electron chi connectivity index (χ3n) is 3.58. The molecule has 0 amide bonds. The number of hydrogen-bond acceptors (Lipinski definition) is 1. The summed E-state index contributed by atoms with van der Waals surface area (Å²) >= 11 is 0. The Morgan fingerprint density at radius 1 is 0.739 bits per heavy atom. The molecule has 0 fully saturated rings. The van der Waals surface area contributed by atoms with Crippen molar-refractivity contribution in [2.75, 3.05) is 0 Å². The molecule has 0 unspecified atom stereocenters. The largest absolute Gasteiger partial charge is 0.430 e. The smallest absolute Gasteiger partial charge is 0.369 e. The van der Waals surface area contributed by atoms with Crippen LogP contribution < -0.4 is 0 Å². The molecule has 7 heteroatoms. The Hall–Kier alpha value is -2.02. The molecule has 2 rings (SSSR count). The first-order chi connectivity index (χ1) is 10.5. The summed E-state index contributed by atoms with van der Waals surface area (Å²) in [5.41, 5.74) is -4.21. The number of hydrogen-bond donors (Lipinski definition) is 1. The minimum atomic E-state index is -5.88. The predicted molar refractivity (Wildman–Crippen MR) is 72.6 cm³/mol. The molecule has 0 aliphatic heterocycles. The van der Waals surface area contributed by atoms with Gasteiger partial charge in [-0.2, -0.15) is 26.3 Å². The topological polar surface area (TPSA) is 20.2 Å². The van der Waals surface area contributed by atoms with Crippen molar-refractivity contribution in [2.24, 2.45) is 0 Å². The van der Waals surface area contributed by atoms with Crippen LogP contribution in [0.15, 0.2) is 48.5 Å². The summed E-state index contributed by atoms with van der Waals surface area (Å²) in [7, 11) is 0. The molecule has 2 aromatic carbocycles. The molecule has 0 bridgehead atoms. The van der Waals surface area contributed by atoms with Crippen LogP contribution in [0.25, 0.3) is 11.1 Å². The summed E-state index contributed by atoms with van der Waals surface area (Å²) in [6, 6.07) is 10.5. The number of halogens is 6. The number of benzene rings is 2. The van der Waals surface area contributed by atoms with Crippen molar-refractivity contribution >= 4 is 0 Å². The van der Waals surface area contributed by atoms with E-state index in [1.807, 2.05) is 0 Å². The van der Waals surface area contributed by atoms with E-state index >= 15 is 0 Å². The number of aryl methyl sites for hydroxylation is 1. The van der Waals surface area contributed by atoms with E-state index in [0.717, 1.165) is 17.7 Å². The third kappa shape index (κ3) is 2.93. The van der Waals surface area contributed by atoms with Crippen LogP contribution >= 0.6 is 0 Å². The maximum absolute atomic E-state index is 12.8. The van der Waals surface area contributed by atoms with Crippen molar-refractivity contribution in [3.63, 3.8) is 0 Å². The molecule has 1 N–H and O–H groups in total. The molecule has 2 aromatic rings. The molecule has 1 nitrogen and oxygen atoms in total. The van der Waals surface area contributed by atoms with Crippen LogP contribution in [0.3, 0.4) is 0 Å². The minimum absolute atomic E-state index is 0.457. The molecular formula is C16H12F6O. The fraction of sp³-hybridized carbons (Fsp3) is 0.250. The van der Waals surface area contributed by atoms with Gasteiger partial charge in [0.25, 0.3) is 5.60 Å². The molecule has 0 heterocycles. The fourth-order valence-electron chi connectivity index (χ4n) is 2.28. The van der Waals surface area contributed by atoms with Crippen molar-refractivity contribution < 1.29 is 31.4 Å². The molecule has 0 spiro atoms. The molecule has 23 heavy (non-hydrogen) atoms. The van der Waals surface area contributed by atoms with E-state index < -0.39 is 23.5 Å². The SMILES string of the molecule is Cc1ccccc1-c1ccc(C(O)(C(F)(F)F)C(F)(F)F)cc1. The van der Waals surface area contributed by atoms with Gasteiger partial charge in [0.05, 0.1) is 0 Å². The van der Waals surface area contributed by atoms with E-state index in [9.17, 15) is 31.4 Å². The second kappa shape index (κ2) is 5.56. The fourth-order valence-corrected chi connectivity index (χ4v) is 2.28. The van der Waals surface area contributed by atoms with Crippen LogP contribution in [-0.4, -0.2) is 17.5 Å². The van der Waals surface area contributed by atoms with Crippen LogP contribution in [0.4, 0.5) is 26.3 Å². The van der Waals surface area contributed by atoms with Crippen molar-refractivity contribution in [1.29, 1.82) is 0 Å². The molecule has 124 valence electrons. The van der Waals surface area contributed by atoms with Crippen LogP contribution in [0.2, 0.25) is 0 Å². The number of aliphatic hydroxyl groups is 1.